The van der Waals surface area contributed by atoms with Crippen molar-refractivity contribution < 1.29 is 19.1 Å². The lowest BCUT2D eigenvalue weighted by Crippen LogP contribution is -2.66. The van der Waals surface area contributed by atoms with Gasteiger partial charge in [0.05, 0.1) is 12.0 Å². The van der Waals surface area contributed by atoms with Crippen molar-refractivity contribution in [2.24, 2.45) is 22.7 Å². The van der Waals surface area contributed by atoms with E-state index in [0.29, 0.717) is 24.8 Å². The average molecular weight is 393 g/mol. The normalized spacial score (nSPS) is 45.9. The van der Waals surface area contributed by atoms with E-state index >= 15 is 4.39 Å². The number of ketones is 2. The summed E-state index contributed by atoms with van der Waals surface area (Å²) in [6.07, 6.45) is 5.49. The molecule has 0 amide bonds. The van der Waals surface area contributed by atoms with Gasteiger partial charge in [-0.2, -0.15) is 0 Å². The number of aliphatic hydroxyl groups is 1. The Kier molecular flexibility index (Phi) is 4.15. The van der Waals surface area contributed by atoms with Gasteiger partial charge in [-0.1, -0.05) is 24.1 Å². The molecule has 2 saturated carbocycles. The molecule has 0 aromatic rings. The van der Waals surface area contributed by atoms with E-state index in [2.05, 4.69) is 0 Å². The maximum Gasteiger partial charge on any atom is 0.178 e. The zero-order valence-electron chi connectivity index (χ0n) is 16.0. The van der Waals surface area contributed by atoms with E-state index in [0.717, 1.165) is 11.1 Å². The van der Waals surface area contributed by atoms with Crippen molar-refractivity contribution >= 4 is 23.2 Å². The second-order valence-electron chi connectivity index (χ2n) is 9.18. The number of alkyl halides is 2. The second-order valence-corrected chi connectivity index (χ2v) is 9.45. The Balaban J connectivity index is 1.82. The minimum absolute atomic E-state index is 0.0440. The minimum atomic E-state index is -1.85. The molecule has 27 heavy (non-hydrogen) atoms. The summed E-state index contributed by atoms with van der Waals surface area (Å²) in [7, 11) is 0. The topological polar surface area (TPSA) is 54.4 Å². The third kappa shape index (κ3) is 2.23. The molecule has 1 N–H and O–H groups in total. The first-order valence-electron chi connectivity index (χ1n) is 9.70. The Bertz CT molecular complexity index is 827. The molecule has 4 aliphatic rings. The summed E-state index contributed by atoms with van der Waals surface area (Å²) in [5.74, 6) is -0.734. The number of hydrogen-bond acceptors (Lipinski definition) is 3. The van der Waals surface area contributed by atoms with E-state index in [-0.39, 0.29) is 35.7 Å². The van der Waals surface area contributed by atoms with Crippen LogP contribution in [0.25, 0.3) is 0 Å². The van der Waals surface area contributed by atoms with E-state index in [9.17, 15) is 14.7 Å². The fraction of sp³-hybridized carbons (Fsp3) is 0.636. The maximum atomic E-state index is 16.8. The fourth-order valence-corrected chi connectivity index (χ4v) is 6.90. The molecule has 146 valence electrons. The summed E-state index contributed by atoms with van der Waals surface area (Å²) in [6, 6.07) is 0. The number of allylic oxidation sites excluding steroid dienone is 6. The highest BCUT2D eigenvalue weighted by atomic mass is 35.5. The molecule has 0 aromatic carbocycles. The predicted octanol–water partition coefficient (Wildman–Crippen LogP) is 4.09. The van der Waals surface area contributed by atoms with Crippen molar-refractivity contribution in [3.63, 3.8) is 0 Å². The van der Waals surface area contributed by atoms with Crippen LogP contribution in [0.5, 0.6) is 0 Å². The first-order valence-corrected chi connectivity index (χ1v) is 10.2. The first kappa shape index (κ1) is 19.1. The Labute approximate surface area is 164 Å². The van der Waals surface area contributed by atoms with Gasteiger partial charge in [0.1, 0.15) is 0 Å². The van der Waals surface area contributed by atoms with Crippen LogP contribution in [-0.2, 0) is 9.59 Å². The van der Waals surface area contributed by atoms with Crippen LogP contribution in [0.15, 0.2) is 34.9 Å². The zero-order valence-corrected chi connectivity index (χ0v) is 16.8. The average Bonchev–Trinajstić information content (AvgIpc) is 2.86. The summed E-state index contributed by atoms with van der Waals surface area (Å²) >= 11 is 5.85. The van der Waals surface area contributed by atoms with E-state index in [4.69, 9.17) is 11.6 Å². The van der Waals surface area contributed by atoms with E-state index in [1.807, 2.05) is 13.8 Å². The van der Waals surface area contributed by atoms with Gasteiger partial charge in [0.25, 0.3) is 0 Å². The lowest BCUT2D eigenvalue weighted by Gasteiger charge is -2.61. The van der Waals surface area contributed by atoms with Gasteiger partial charge in [0, 0.05) is 22.3 Å². The number of carbonyl (C=O) groups excluding carboxylic acids is 2. The van der Waals surface area contributed by atoms with Crippen LogP contribution < -0.4 is 0 Å². The Morgan fingerprint density at radius 2 is 2.07 bits per heavy atom. The highest BCUT2D eigenvalue weighted by Gasteiger charge is 2.70. The molecule has 3 nitrogen and oxygen atoms in total. The largest absolute Gasteiger partial charge is 0.390 e. The molecule has 5 heteroatoms. The van der Waals surface area contributed by atoms with Gasteiger partial charge in [0.2, 0.25) is 0 Å². The summed E-state index contributed by atoms with van der Waals surface area (Å²) < 4.78 is 16.8. The van der Waals surface area contributed by atoms with E-state index < -0.39 is 22.6 Å². The molecule has 0 radical (unpaired) electrons. The molecule has 0 unspecified atom stereocenters. The third-order valence-electron chi connectivity index (χ3n) is 7.96. The predicted molar refractivity (Wildman–Crippen MR) is 102 cm³/mol. The molecule has 2 fully saturated rings. The van der Waals surface area contributed by atoms with Crippen LogP contribution in [0, 0.1) is 22.7 Å². The molecule has 0 bridgehead atoms. The van der Waals surface area contributed by atoms with E-state index in [1.54, 1.807) is 19.1 Å². The van der Waals surface area contributed by atoms with Gasteiger partial charge < -0.3 is 5.11 Å². The van der Waals surface area contributed by atoms with Crippen molar-refractivity contribution in [3.8, 4) is 0 Å². The molecule has 0 spiro atoms. The van der Waals surface area contributed by atoms with Crippen molar-refractivity contribution in [1.29, 1.82) is 0 Å². The summed E-state index contributed by atoms with van der Waals surface area (Å²) in [4.78, 5) is 24.4. The van der Waals surface area contributed by atoms with Crippen LogP contribution in [0.3, 0.4) is 0 Å². The standard InChI is InChI=1S/C22H26ClFO3/c1-12-8-16-15-5-4-13-9-14(25)6-7-21(13,3)22(15,24)18(27)10-20(16,2)19(12)17(26)11-23/h6-7,9,15-16,18,27H,4-5,8,10-11H2,1-3H3/t15-,16-,18-,20-,21-,22-/m0/s1. The molecule has 6 atom stereocenters. The number of fused-ring (bicyclic) bond motifs is 5. The lowest BCUT2D eigenvalue weighted by molar-refractivity contribution is -0.185. The Morgan fingerprint density at radius 1 is 1.37 bits per heavy atom. The third-order valence-corrected chi connectivity index (χ3v) is 8.20. The van der Waals surface area contributed by atoms with Gasteiger partial charge in [0.15, 0.2) is 17.2 Å². The van der Waals surface area contributed by atoms with E-state index in [1.165, 1.54) is 6.08 Å². The Hall–Kier alpha value is -1.26. The summed E-state index contributed by atoms with van der Waals surface area (Å²) in [5, 5.41) is 11.1. The number of carbonyl (C=O) groups is 2. The van der Waals surface area contributed by atoms with Crippen LogP contribution in [0.4, 0.5) is 4.39 Å². The fourth-order valence-electron chi connectivity index (χ4n) is 6.77. The van der Waals surface area contributed by atoms with Crippen LogP contribution in [0.1, 0.15) is 46.5 Å². The molecule has 0 aliphatic heterocycles. The van der Waals surface area contributed by atoms with Crippen LogP contribution in [-0.4, -0.2) is 34.3 Å². The van der Waals surface area contributed by atoms with Gasteiger partial charge in [-0.3, -0.25) is 9.59 Å². The monoisotopic (exact) mass is 392 g/mol. The zero-order chi connectivity index (χ0) is 19.8. The molecule has 4 aliphatic carbocycles. The SMILES string of the molecule is CC1=C(C(=O)CCl)[C@@]2(C)C[C@H](O)[C@@]3(F)[C@@H](CCC4=CC(=O)C=C[C@@]43C)[C@@H]2C1. The van der Waals surface area contributed by atoms with Gasteiger partial charge >= 0.3 is 0 Å². The highest BCUT2D eigenvalue weighted by Crippen LogP contribution is 2.68. The number of hydrogen-bond donors (Lipinski definition) is 1. The lowest BCUT2D eigenvalue weighted by atomic mass is 9.45. The molecule has 0 aromatic heterocycles. The maximum absolute atomic E-state index is 16.8. The molecule has 0 heterocycles. The van der Waals surface area contributed by atoms with Crippen molar-refractivity contribution in [2.45, 2.75) is 58.2 Å². The first-order chi connectivity index (χ1) is 12.6. The quantitative estimate of drug-likeness (QED) is 0.720. The second kappa shape index (κ2) is 5.87. The number of Topliss-reactive ketones (excluding diaryl/α,β-unsaturated/α-hetero) is 1. The summed E-state index contributed by atoms with van der Waals surface area (Å²) in [6.45, 7) is 5.73. The van der Waals surface area contributed by atoms with Crippen LogP contribution in [0.2, 0.25) is 0 Å². The summed E-state index contributed by atoms with van der Waals surface area (Å²) in [5.41, 5.74) is -0.941. The smallest absolute Gasteiger partial charge is 0.178 e. The molecule has 4 rings (SSSR count). The van der Waals surface area contributed by atoms with Crippen molar-refractivity contribution in [1.82, 2.24) is 0 Å². The molecule has 0 saturated heterocycles. The molecular weight excluding hydrogens is 367 g/mol. The van der Waals surface area contributed by atoms with Crippen molar-refractivity contribution in [3.05, 3.63) is 34.9 Å². The number of aliphatic hydroxyl groups excluding tert-OH is 1. The van der Waals surface area contributed by atoms with Gasteiger partial charge in [-0.05, 0) is 57.6 Å². The Morgan fingerprint density at radius 3 is 2.74 bits per heavy atom. The van der Waals surface area contributed by atoms with Gasteiger partial charge in [-0.15, -0.1) is 11.6 Å². The van der Waals surface area contributed by atoms with Crippen LogP contribution >= 0.6 is 11.6 Å². The number of halogens is 2. The minimum Gasteiger partial charge on any atom is -0.390 e. The number of rotatable bonds is 2. The van der Waals surface area contributed by atoms with Gasteiger partial charge in [-0.25, -0.2) is 4.39 Å². The highest BCUT2D eigenvalue weighted by molar-refractivity contribution is 6.30. The van der Waals surface area contributed by atoms with Crippen molar-refractivity contribution in [2.75, 3.05) is 5.88 Å². The molecular formula is C22H26ClFO3.